The molecule has 1 amide bonds. The highest BCUT2D eigenvalue weighted by molar-refractivity contribution is 7.91. The standard InChI is InChI=1S/C17H17Cl2NO4S/c1-2-24-15-7-5-14(6-8-15)20-17(21)11-25(22,23)10-12-3-4-13(18)9-16(12)19/h3-9H,2,10-11H2,1H3,(H,20,21). The largest absolute Gasteiger partial charge is 0.494 e. The Balaban J connectivity index is 1.98. The first kappa shape index (κ1) is 19.6. The van der Waals surface area contributed by atoms with Crippen molar-refractivity contribution in [3.63, 3.8) is 0 Å². The molecule has 134 valence electrons. The molecule has 25 heavy (non-hydrogen) atoms. The van der Waals surface area contributed by atoms with Gasteiger partial charge in [0.15, 0.2) is 9.84 Å². The molecule has 0 unspecified atom stereocenters. The van der Waals surface area contributed by atoms with E-state index in [1.165, 1.54) is 12.1 Å². The summed E-state index contributed by atoms with van der Waals surface area (Å²) in [5.41, 5.74) is 0.896. The van der Waals surface area contributed by atoms with Gasteiger partial charge in [-0.1, -0.05) is 29.3 Å². The zero-order valence-corrected chi connectivity index (χ0v) is 15.8. The molecule has 0 fully saturated rings. The number of benzene rings is 2. The van der Waals surface area contributed by atoms with Gasteiger partial charge in [-0.05, 0) is 48.9 Å². The molecule has 0 saturated carbocycles. The molecule has 0 spiro atoms. The van der Waals surface area contributed by atoms with Crippen LogP contribution in [0, 0.1) is 0 Å². The number of halogens is 2. The third-order valence-corrected chi connectivity index (χ3v) is 5.23. The predicted octanol–water partition coefficient (Wildman–Crippen LogP) is 3.95. The first-order valence-electron chi connectivity index (χ1n) is 7.46. The molecule has 1 N–H and O–H groups in total. The monoisotopic (exact) mass is 401 g/mol. The van der Waals surface area contributed by atoms with Gasteiger partial charge in [0.1, 0.15) is 11.5 Å². The van der Waals surface area contributed by atoms with E-state index >= 15 is 0 Å². The SMILES string of the molecule is CCOc1ccc(NC(=O)CS(=O)(=O)Cc2ccc(Cl)cc2Cl)cc1. The lowest BCUT2D eigenvalue weighted by Crippen LogP contribution is -2.24. The topological polar surface area (TPSA) is 72.5 Å². The molecule has 0 atom stereocenters. The Morgan fingerprint density at radius 3 is 2.40 bits per heavy atom. The van der Waals surface area contributed by atoms with Crippen molar-refractivity contribution in [3.05, 3.63) is 58.1 Å². The summed E-state index contributed by atoms with van der Waals surface area (Å²) in [6.07, 6.45) is 0. The molecule has 2 aromatic rings. The van der Waals surface area contributed by atoms with E-state index < -0.39 is 21.5 Å². The number of hydrogen-bond acceptors (Lipinski definition) is 4. The summed E-state index contributed by atoms with van der Waals surface area (Å²) in [6, 6.07) is 11.2. The van der Waals surface area contributed by atoms with Gasteiger partial charge < -0.3 is 10.1 Å². The Morgan fingerprint density at radius 2 is 1.80 bits per heavy atom. The highest BCUT2D eigenvalue weighted by Gasteiger charge is 2.19. The van der Waals surface area contributed by atoms with Gasteiger partial charge in [-0.25, -0.2) is 8.42 Å². The number of sulfone groups is 1. The number of ether oxygens (including phenoxy) is 1. The van der Waals surface area contributed by atoms with Crippen molar-refractivity contribution < 1.29 is 17.9 Å². The van der Waals surface area contributed by atoms with Crippen molar-refractivity contribution in [1.82, 2.24) is 0 Å². The number of amides is 1. The van der Waals surface area contributed by atoms with Crippen molar-refractivity contribution >= 4 is 44.6 Å². The van der Waals surface area contributed by atoms with Crippen molar-refractivity contribution in [2.45, 2.75) is 12.7 Å². The number of nitrogens with one attached hydrogen (secondary N) is 1. The summed E-state index contributed by atoms with van der Waals surface area (Å²) in [7, 11) is -3.67. The van der Waals surface area contributed by atoms with Crippen LogP contribution in [0.4, 0.5) is 5.69 Å². The van der Waals surface area contributed by atoms with Gasteiger partial charge in [-0.15, -0.1) is 0 Å². The highest BCUT2D eigenvalue weighted by Crippen LogP contribution is 2.23. The molecule has 0 bridgehead atoms. The molecule has 0 heterocycles. The molecule has 0 saturated heterocycles. The highest BCUT2D eigenvalue weighted by atomic mass is 35.5. The minimum atomic E-state index is -3.67. The van der Waals surface area contributed by atoms with E-state index in [0.29, 0.717) is 28.6 Å². The summed E-state index contributed by atoms with van der Waals surface area (Å²) in [5.74, 6) is -0.918. The summed E-state index contributed by atoms with van der Waals surface area (Å²) in [5, 5.41) is 3.22. The molecular formula is C17H17Cl2NO4S. The zero-order chi connectivity index (χ0) is 18.4. The van der Waals surface area contributed by atoms with E-state index in [1.54, 1.807) is 30.3 Å². The summed E-state index contributed by atoms with van der Waals surface area (Å²) >= 11 is 11.8. The first-order valence-corrected chi connectivity index (χ1v) is 10.0. The van der Waals surface area contributed by atoms with E-state index in [2.05, 4.69) is 5.32 Å². The van der Waals surface area contributed by atoms with E-state index in [1.807, 2.05) is 6.92 Å². The normalized spacial score (nSPS) is 11.2. The minimum absolute atomic E-state index is 0.253. The average molecular weight is 402 g/mol. The van der Waals surface area contributed by atoms with Crippen molar-refractivity contribution in [2.75, 3.05) is 17.7 Å². The van der Waals surface area contributed by atoms with Crippen LogP contribution in [0.15, 0.2) is 42.5 Å². The molecule has 0 radical (unpaired) electrons. The lowest BCUT2D eigenvalue weighted by Gasteiger charge is -2.09. The lowest BCUT2D eigenvalue weighted by atomic mass is 10.2. The van der Waals surface area contributed by atoms with Crippen LogP contribution in [0.2, 0.25) is 10.0 Å². The molecular weight excluding hydrogens is 385 g/mol. The van der Waals surface area contributed by atoms with Crippen molar-refractivity contribution in [1.29, 1.82) is 0 Å². The molecule has 2 rings (SSSR count). The van der Waals surface area contributed by atoms with Crippen LogP contribution in [0.25, 0.3) is 0 Å². The average Bonchev–Trinajstić information content (AvgIpc) is 2.51. The van der Waals surface area contributed by atoms with Gasteiger partial charge in [-0.3, -0.25) is 4.79 Å². The smallest absolute Gasteiger partial charge is 0.239 e. The second-order valence-corrected chi connectivity index (χ2v) is 8.18. The van der Waals surface area contributed by atoms with Crippen LogP contribution in [0.5, 0.6) is 5.75 Å². The Hall–Kier alpha value is -1.76. The van der Waals surface area contributed by atoms with Gasteiger partial charge >= 0.3 is 0 Å². The second kappa shape index (κ2) is 8.56. The van der Waals surface area contributed by atoms with Crippen LogP contribution in [-0.4, -0.2) is 26.7 Å². The molecule has 2 aromatic carbocycles. The van der Waals surface area contributed by atoms with Crippen LogP contribution in [0.1, 0.15) is 12.5 Å². The Bertz CT molecular complexity index is 851. The van der Waals surface area contributed by atoms with Crippen LogP contribution in [0.3, 0.4) is 0 Å². The van der Waals surface area contributed by atoms with E-state index in [4.69, 9.17) is 27.9 Å². The van der Waals surface area contributed by atoms with E-state index in [-0.39, 0.29) is 10.8 Å². The fourth-order valence-electron chi connectivity index (χ4n) is 2.12. The number of carbonyl (C=O) groups is 1. The number of anilines is 1. The van der Waals surface area contributed by atoms with E-state index in [9.17, 15) is 13.2 Å². The maximum atomic E-state index is 12.2. The molecule has 0 aliphatic heterocycles. The van der Waals surface area contributed by atoms with Gasteiger partial charge in [0.25, 0.3) is 0 Å². The Kier molecular flexibility index (Phi) is 6.70. The molecule has 0 aliphatic carbocycles. The third kappa shape index (κ3) is 6.23. The molecule has 0 aromatic heterocycles. The lowest BCUT2D eigenvalue weighted by molar-refractivity contribution is -0.113. The van der Waals surface area contributed by atoms with Crippen molar-refractivity contribution in [3.8, 4) is 5.75 Å². The molecule has 5 nitrogen and oxygen atoms in total. The Morgan fingerprint density at radius 1 is 1.12 bits per heavy atom. The fraction of sp³-hybridized carbons (Fsp3) is 0.235. The molecule has 8 heteroatoms. The van der Waals surface area contributed by atoms with Gasteiger partial charge in [0.2, 0.25) is 5.91 Å². The van der Waals surface area contributed by atoms with Crippen LogP contribution in [-0.2, 0) is 20.4 Å². The first-order chi connectivity index (χ1) is 11.8. The Labute approximate surface area is 156 Å². The zero-order valence-electron chi connectivity index (χ0n) is 13.5. The van der Waals surface area contributed by atoms with Gasteiger partial charge in [-0.2, -0.15) is 0 Å². The second-order valence-electron chi connectivity index (χ2n) is 5.27. The van der Waals surface area contributed by atoms with E-state index in [0.717, 1.165) is 0 Å². The number of hydrogen-bond donors (Lipinski definition) is 1. The van der Waals surface area contributed by atoms with Crippen molar-refractivity contribution in [2.24, 2.45) is 0 Å². The quantitative estimate of drug-likeness (QED) is 0.762. The van der Waals surface area contributed by atoms with Crippen LogP contribution >= 0.6 is 23.2 Å². The van der Waals surface area contributed by atoms with Gasteiger partial charge in [0.05, 0.1) is 12.4 Å². The molecule has 0 aliphatic rings. The maximum Gasteiger partial charge on any atom is 0.239 e. The summed E-state index contributed by atoms with van der Waals surface area (Å²) in [4.78, 5) is 12.0. The van der Waals surface area contributed by atoms with Crippen LogP contribution < -0.4 is 10.1 Å². The maximum absolute atomic E-state index is 12.2. The minimum Gasteiger partial charge on any atom is -0.494 e. The predicted molar refractivity (Wildman–Crippen MR) is 100 cm³/mol. The number of carbonyl (C=O) groups excluding carboxylic acids is 1. The number of rotatable bonds is 7. The summed E-state index contributed by atoms with van der Waals surface area (Å²) < 4.78 is 29.7. The summed E-state index contributed by atoms with van der Waals surface area (Å²) in [6.45, 7) is 2.41. The third-order valence-electron chi connectivity index (χ3n) is 3.19. The van der Waals surface area contributed by atoms with Gasteiger partial charge in [0, 0.05) is 15.7 Å². The fourth-order valence-corrected chi connectivity index (χ4v) is 3.98.